The Bertz CT molecular complexity index is 1510. The number of aryl methyl sites for hydroxylation is 1. The Labute approximate surface area is 249 Å². The van der Waals surface area contributed by atoms with Gasteiger partial charge in [-0.1, -0.05) is 0 Å². The predicted molar refractivity (Wildman–Crippen MR) is 152 cm³/mol. The van der Waals surface area contributed by atoms with Gasteiger partial charge in [0.15, 0.2) is 0 Å². The first kappa shape index (κ1) is 27.2. The standard InChI is InChI=1S/C26H15Br4FN2O5/c1-11-8-15(38-26(37)12-9-17(34)32(10-12)14-4-2-13(31)3-5-14)6-7-16(11)33-24(35)18-19(25(33)36)21(28)23(30)22(29)20(18)27/h2-8,12H,9-10H2,1H3/t12-/m0/s1. The maximum absolute atomic E-state index is 13.3. The Morgan fingerprint density at radius 1 is 0.895 bits per heavy atom. The number of hydrogen-bond acceptors (Lipinski definition) is 5. The van der Waals surface area contributed by atoms with Gasteiger partial charge in [0.2, 0.25) is 5.91 Å². The third-order valence-electron chi connectivity index (χ3n) is 6.33. The number of carbonyl (C=O) groups is 4. The highest BCUT2D eigenvalue weighted by atomic mass is 79.9. The Morgan fingerprint density at radius 3 is 2.03 bits per heavy atom. The number of carbonyl (C=O) groups excluding carboxylic acids is 4. The Morgan fingerprint density at radius 2 is 1.47 bits per heavy atom. The number of esters is 1. The number of nitrogens with zero attached hydrogens (tertiary/aromatic N) is 2. The van der Waals surface area contributed by atoms with Crippen LogP contribution in [-0.4, -0.2) is 30.2 Å². The van der Waals surface area contributed by atoms with Crippen LogP contribution in [0.2, 0.25) is 0 Å². The van der Waals surface area contributed by atoms with E-state index in [4.69, 9.17) is 4.74 Å². The van der Waals surface area contributed by atoms with E-state index in [0.717, 1.165) is 4.90 Å². The number of ether oxygens (including phenoxy) is 1. The summed E-state index contributed by atoms with van der Waals surface area (Å²) in [6.45, 7) is 1.81. The van der Waals surface area contributed by atoms with Crippen LogP contribution < -0.4 is 14.5 Å². The zero-order valence-corrected chi connectivity index (χ0v) is 25.7. The van der Waals surface area contributed by atoms with Gasteiger partial charge in [-0.25, -0.2) is 9.29 Å². The summed E-state index contributed by atoms with van der Waals surface area (Å²) in [6, 6.07) is 10.1. The van der Waals surface area contributed by atoms with Gasteiger partial charge in [0.1, 0.15) is 11.6 Å². The molecule has 5 rings (SSSR count). The number of hydrogen-bond donors (Lipinski definition) is 0. The highest BCUT2D eigenvalue weighted by molar-refractivity contribution is 9.15. The lowest BCUT2D eigenvalue weighted by molar-refractivity contribution is -0.139. The highest BCUT2D eigenvalue weighted by Crippen LogP contribution is 2.46. The van der Waals surface area contributed by atoms with E-state index in [1.54, 1.807) is 13.0 Å². The normalized spacial score (nSPS) is 16.9. The first-order chi connectivity index (χ1) is 18.0. The molecule has 3 amide bonds. The minimum Gasteiger partial charge on any atom is -0.426 e. The lowest BCUT2D eigenvalue weighted by Gasteiger charge is -2.18. The lowest BCUT2D eigenvalue weighted by atomic mass is 10.1. The van der Waals surface area contributed by atoms with Crippen molar-refractivity contribution < 1.29 is 28.3 Å². The van der Waals surface area contributed by atoms with Crippen molar-refractivity contribution in [1.29, 1.82) is 0 Å². The van der Waals surface area contributed by atoms with Crippen molar-refractivity contribution in [2.24, 2.45) is 5.92 Å². The molecule has 0 aromatic heterocycles. The van der Waals surface area contributed by atoms with Crippen LogP contribution in [0.4, 0.5) is 15.8 Å². The molecular weight excluding hydrogens is 759 g/mol. The topological polar surface area (TPSA) is 84.0 Å². The van der Waals surface area contributed by atoms with E-state index in [-0.39, 0.29) is 35.7 Å². The van der Waals surface area contributed by atoms with Crippen LogP contribution in [0.5, 0.6) is 5.75 Å². The molecule has 1 fully saturated rings. The van der Waals surface area contributed by atoms with E-state index >= 15 is 0 Å². The molecule has 38 heavy (non-hydrogen) atoms. The number of halogens is 5. The number of amides is 3. The second-order valence-electron chi connectivity index (χ2n) is 8.70. The molecular formula is C26H15Br4FN2O5. The average molecular weight is 774 g/mol. The zero-order valence-electron chi connectivity index (χ0n) is 19.4. The van der Waals surface area contributed by atoms with Crippen LogP contribution in [0.25, 0.3) is 0 Å². The largest absolute Gasteiger partial charge is 0.426 e. The molecule has 12 heteroatoms. The van der Waals surface area contributed by atoms with Crippen molar-refractivity contribution >= 4 is 98.8 Å². The van der Waals surface area contributed by atoms with Gasteiger partial charge in [-0.15, -0.1) is 0 Å². The third kappa shape index (κ3) is 4.55. The minimum atomic E-state index is -0.699. The molecule has 0 saturated carbocycles. The molecule has 0 spiro atoms. The monoisotopic (exact) mass is 770 g/mol. The number of benzene rings is 3. The van der Waals surface area contributed by atoms with E-state index in [9.17, 15) is 23.6 Å². The maximum Gasteiger partial charge on any atom is 0.316 e. The summed E-state index contributed by atoms with van der Waals surface area (Å²) in [4.78, 5) is 54.4. The van der Waals surface area contributed by atoms with E-state index < -0.39 is 29.5 Å². The summed E-state index contributed by atoms with van der Waals surface area (Å²) in [7, 11) is 0. The first-order valence-electron chi connectivity index (χ1n) is 11.1. The first-order valence-corrected chi connectivity index (χ1v) is 14.3. The molecule has 7 nitrogen and oxygen atoms in total. The summed E-state index contributed by atoms with van der Waals surface area (Å²) in [5, 5.41) is 0. The molecule has 2 heterocycles. The van der Waals surface area contributed by atoms with Crippen LogP contribution in [0, 0.1) is 18.7 Å². The summed E-state index contributed by atoms with van der Waals surface area (Å²) >= 11 is 13.6. The summed E-state index contributed by atoms with van der Waals surface area (Å²) in [6.07, 6.45) is -0.0306. The molecule has 0 unspecified atom stereocenters. The fourth-order valence-electron chi connectivity index (χ4n) is 4.45. The SMILES string of the molecule is Cc1cc(OC(=O)[C@H]2CC(=O)N(c3ccc(F)cc3)C2)ccc1N1C(=O)c2c(Br)c(Br)c(Br)c(Br)c2C1=O. The van der Waals surface area contributed by atoms with Crippen molar-refractivity contribution in [3.63, 3.8) is 0 Å². The molecule has 0 bridgehead atoms. The van der Waals surface area contributed by atoms with Crippen molar-refractivity contribution in [3.05, 3.63) is 82.9 Å². The molecule has 3 aromatic rings. The molecule has 2 aliphatic heterocycles. The maximum atomic E-state index is 13.3. The van der Waals surface area contributed by atoms with Gasteiger partial charge < -0.3 is 9.64 Å². The van der Waals surface area contributed by atoms with Crippen LogP contribution >= 0.6 is 63.7 Å². The summed E-state index contributed by atoms with van der Waals surface area (Å²) in [5.41, 5.74) is 1.84. The van der Waals surface area contributed by atoms with Gasteiger partial charge in [0.05, 0.1) is 22.7 Å². The molecule has 0 N–H and O–H groups in total. The van der Waals surface area contributed by atoms with Gasteiger partial charge in [-0.05, 0) is 119 Å². The lowest BCUT2D eigenvalue weighted by Crippen LogP contribution is -2.30. The van der Waals surface area contributed by atoms with E-state index in [1.165, 1.54) is 41.3 Å². The average Bonchev–Trinajstić information content (AvgIpc) is 3.39. The van der Waals surface area contributed by atoms with E-state index in [0.29, 0.717) is 34.8 Å². The number of imide groups is 1. The molecule has 194 valence electrons. The van der Waals surface area contributed by atoms with Gasteiger partial charge in [0.25, 0.3) is 11.8 Å². The van der Waals surface area contributed by atoms with Crippen LogP contribution in [0.3, 0.4) is 0 Å². The molecule has 0 radical (unpaired) electrons. The van der Waals surface area contributed by atoms with Gasteiger partial charge >= 0.3 is 5.97 Å². The molecule has 2 aliphatic rings. The van der Waals surface area contributed by atoms with Crippen LogP contribution in [0.15, 0.2) is 60.4 Å². The van der Waals surface area contributed by atoms with E-state index in [2.05, 4.69) is 63.7 Å². The van der Waals surface area contributed by atoms with E-state index in [1.807, 2.05) is 0 Å². The molecule has 1 atom stereocenters. The van der Waals surface area contributed by atoms with Crippen molar-refractivity contribution in [2.45, 2.75) is 13.3 Å². The predicted octanol–water partition coefficient (Wildman–Crippen LogP) is 6.94. The fourth-order valence-corrected chi connectivity index (χ4v) is 6.90. The fraction of sp³-hybridized carbons (Fsp3) is 0.154. The van der Waals surface area contributed by atoms with Crippen molar-refractivity contribution in [3.8, 4) is 5.75 Å². The molecule has 1 saturated heterocycles. The summed E-state index contributed by atoms with van der Waals surface area (Å²) in [5.74, 6) is -2.74. The van der Waals surface area contributed by atoms with Crippen molar-refractivity contribution in [1.82, 2.24) is 0 Å². The Kier molecular flexibility index (Phi) is 7.36. The highest BCUT2D eigenvalue weighted by Gasteiger charge is 2.42. The Hall–Kier alpha value is -2.41. The smallest absolute Gasteiger partial charge is 0.316 e. The second-order valence-corrected chi connectivity index (χ2v) is 11.9. The van der Waals surface area contributed by atoms with Gasteiger partial charge in [-0.3, -0.25) is 19.2 Å². The number of fused-ring (bicyclic) bond motifs is 1. The van der Waals surface area contributed by atoms with Crippen LogP contribution in [-0.2, 0) is 9.59 Å². The minimum absolute atomic E-state index is 0.0306. The Balaban J connectivity index is 1.35. The second kappa shape index (κ2) is 10.3. The molecule has 0 aliphatic carbocycles. The molecule has 3 aromatic carbocycles. The third-order valence-corrected chi connectivity index (χ3v) is 11.1. The number of rotatable bonds is 4. The quantitative estimate of drug-likeness (QED) is 0.0944. The summed E-state index contributed by atoms with van der Waals surface area (Å²) < 4.78 is 20.9. The van der Waals surface area contributed by atoms with Gasteiger partial charge in [0, 0.05) is 36.5 Å². The van der Waals surface area contributed by atoms with Crippen molar-refractivity contribution in [2.75, 3.05) is 16.3 Å². The van der Waals surface area contributed by atoms with Crippen LogP contribution in [0.1, 0.15) is 32.7 Å². The zero-order chi connectivity index (χ0) is 27.5. The van der Waals surface area contributed by atoms with Gasteiger partial charge in [-0.2, -0.15) is 0 Å². The number of anilines is 2.